The Kier molecular flexibility index (Phi) is 2.54. The van der Waals surface area contributed by atoms with E-state index in [1.807, 2.05) is 30.1 Å². The van der Waals surface area contributed by atoms with E-state index >= 15 is 0 Å². The van der Waals surface area contributed by atoms with E-state index in [-0.39, 0.29) is 6.04 Å². The van der Waals surface area contributed by atoms with Gasteiger partial charge in [-0.3, -0.25) is 0 Å². The van der Waals surface area contributed by atoms with Crippen LogP contribution < -0.4 is 15.4 Å². The minimum atomic E-state index is -0.605. The van der Waals surface area contributed by atoms with Gasteiger partial charge in [-0.2, -0.15) is 0 Å². The molecule has 15 heavy (non-hydrogen) atoms. The number of hydrogen-bond acceptors (Lipinski definition) is 4. The highest BCUT2D eigenvalue weighted by Crippen LogP contribution is 2.39. The van der Waals surface area contributed by atoms with Gasteiger partial charge in [0.2, 0.25) is 0 Å². The minimum Gasteiger partial charge on any atom is -0.495 e. The molecule has 0 spiro atoms. The Labute approximate surface area is 89.3 Å². The second-order valence-electron chi connectivity index (χ2n) is 3.89. The number of aliphatic hydroxyl groups excluding tert-OH is 1. The Hall–Kier alpha value is -1.26. The van der Waals surface area contributed by atoms with Crippen molar-refractivity contribution < 1.29 is 9.84 Å². The molecule has 0 amide bonds. The molecule has 4 heteroatoms. The summed E-state index contributed by atoms with van der Waals surface area (Å²) >= 11 is 0. The molecular formula is C11H16N2O2. The summed E-state index contributed by atoms with van der Waals surface area (Å²) in [7, 11) is 3.58. The van der Waals surface area contributed by atoms with Gasteiger partial charge in [-0.15, -0.1) is 0 Å². The van der Waals surface area contributed by atoms with Crippen molar-refractivity contribution in [2.75, 3.05) is 25.6 Å². The van der Waals surface area contributed by atoms with Crippen molar-refractivity contribution in [3.05, 3.63) is 23.8 Å². The molecule has 1 heterocycles. The topological polar surface area (TPSA) is 58.7 Å². The van der Waals surface area contributed by atoms with Crippen molar-refractivity contribution in [1.82, 2.24) is 0 Å². The van der Waals surface area contributed by atoms with E-state index in [0.717, 1.165) is 17.0 Å². The van der Waals surface area contributed by atoms with Gasteiger partial charge in [0.15, 0.2) is 0 Å². The zero-order valence-electron chi connectivity index (χ0n) is 8.97. The van der Waals surface area contributed by atoms with Gasteiger partial charge >= 0.3 is 0 Å². The molecule has 0 saturated heterocycles. The minimum absolute atomic E-state index is 0.241. The third kappa shape index (κ3) is 1.56. The van der Waals surface area contributed by atoms with Crippen molar-refractivity contribution in [3.8, 4) is 5.75 Å². The molecule has 1 aliphatic rings. The SMILES string of the molecule is COc1cccc2c1N(C)C[C@@H](N)[C@H]2O. The van der Waals surface area contributed by atoms with Gasteiger partial charge in [0.25, 0.3) is 0 Å². The number of likely N-dealkylation sites (N-methyl/N-ethyl adjacent to an activating group) is 1. The standard InChI is InChI=1S/C11H16N2O2/c1-13-6-8(12)11(14)7-4-3-5-9(15-2)10(7)13/h3-5,8,11,14H,6,12H2,1-2H3/t8-,11+/m1/s1. The summed E-state index contributed by atoms with van der Waals surface area (Å²) in [6.07, 6.45) is -0.605. The van der Waals surface area contributed by atoms with E-state index in [9.17, 15) is 5.11 Å². The largest absolute Gasteiger partial charge is 0.495 e. The summed E-state index contributed by atoms with van der Waals surface area (Å²) < 4.78 is 5.27. The number of anilines is 1. The highest BCUT2D eigenvalue weighted by molar-refractivity contribution is 5.66. The molecule has 0 bridgehead atoms. The number of para-hydroxylation sites is 1. The van der Waals surface area contributed by atoms with Gasteiger partial charge in [0.1, 0.15) is 5.75 Å². The van der Waals surface area contributed by atoms with Crippen molar-refractivity contribution in [1.29, 1.82) is 0 Å². The van der Waals surface area contributed by atoms with Crippen LogP contribution in [-0.4, -0.2) is 31.9 Å². The second kappa shape index (κ2) is 3.72. The predicted octanol–water partition coefficient (Wildman–Crippen LogP) is 0.506. The summed E-state index contributed by atoms with van der Waals surface area (Å²) in [4.78, 5) is 2.02. The van der Waals surface area contributed by atoms with Gasteiger partial charge in [0, 0.05) is 19.2 Å². The maximum atomic E-state index is 9.96. The highest BCUT2D eigenvalue weighted by Gasteiger charge is 2.30. The van der Waals surface area contributed by atoms with Crippen LogP contribution in [-0.2, 0) is 0 Å². The number of fused-ring (bicyclic) bond motifs is 1. The van der Waals surface area contributed by atoms with Crippen LogP contribution in [0.2, 0.25) is 0 Å². The Morgan fingerprint density at radius 1 is 1.53 bits per heavy atom. The summed E-state index contributed by atoms with van der Waals surface area (Å²) in [6.45, 7) is 0.633. The Morgan fingerprint density at radius 3 is 2.93 bits per heavy atom. The molecule has 3 N–H and O–H groups in total. The van der Waals surface area contributed by atoms with Crippen molar-refractivity contribution in [2.24, 2.45) is 5.73 Å². The third-order valence-electron chi connectivity index (χ3n) is 2.84. The number of ether oxygens (including phenoxy) is 1. The lowest BCUT2D eigenvalue weighted by Gasteiger charge is -2.35. The van der Waals surface area contributed by atoms with Gasteiger partial charge in [-0.1, -0.05) is 12.1 Å². The van der Waals surface area contributed by atoms with Crippen LogP contribution in [0.5, 0.6) is 5.75 Å². The summed E-state index contributed by atoms with van der Waals surface area (Å²) in [5.41, 5.74) is 7.62. The number of benzene rings is 1. The molecule has 2 rings (SSSR count). The first-order chi connectivity index (χ1) is 7.15. The molecule has 4 nitrogen and oxygen atoms in total. The first-order valence-corrected chi connectivity index (χ1v) is 4.97. The zero-order valence-corrected chi connectivity index (χ0v) is 8.97. The highest BCUT2D eigenvalue weighted by atomic mass is 16.5. The normalized spacial score (nSPS) is 24.9. The molecule has 0 unspecified atom stereocenters. The van der Waals surface area contributed by atoms with E-state index in [4.69, 9.17) is 10.5 Å². The van der Waals surface area contributed by atoms with Crippen LogP contribution in [0.15, 0.2) is 18.2 Å². The van der Waals surface area contributed by atoms with E-state index < -0.39 is 6.10 Å². The van der Waals surface area contributed by atoms with Gasteiger partial charge in [-0.05, 0) is 6.07 Å². The molecule has 1 aromatic rings. The summed E-state index contributed by atoms with van der Waals surface area (Å²) in [6, 6.07) is 5.40. The second-order valence-corrected chi connectivity index (χ2v) is 3.89. The number of rotatable bonds is 1. The lowest BCUT2D eigenvalue weighted by molar-refractivity contribution is 0.143. The van der Waals surface area contributed by atoms with Crippen LogP contribution in [0.3, 0.4) is 0 Å². The van der Waals surface area contributed by atoms with Gasteiger partial charge < -0.3 is 20.5 Å². The molecule has 0 aliphatic carbocycles. The van der Waals surface area contributed by atoms with Crippen molar-refractivity contribution in [2.45, 2.75) is 12.1 Å². The number of nitrogens with two attached hydrogens (primary N) is 1. The number of hydrogen-bond donors (Lipinski definition) is 2. The third-order valence-corrected chi connectivity index (χ3v) is 2.84. The van der Waals surface area contributed by atoms with Crippen LogP contribution in [0.1, 0.15) is 11.7 Å². The Morgan fingerprint density at radius 2 is 2.27 bits per heavy atom. The fourth-order valence-electron chi connectivity index (χ4n) is 2.09. The van der Waals surface area contributed by atoms with Crippen LogP contribution in [0.4, 0.5) is 5.69 Å². The van der Waals surface area contributed by atoms with Crippen LogP contribution in [0, 0.1) is 0 Å². The molecule has 0 radical (unpaired) electrons. The fourth-order valence-corrected chi connectivity index (χ4v) is 2.09. The van der Waals surface area contributed by atoms with E-state index in [1.165, 1.54) is 0 Å². The summed E-state index contributed by atoms with van der Waals surface area (Å²) in [5.74, 6) is 0.779. The molecule has 0 fully saturated rings. The molecule has 2 atom stereocenters. The van der Waals surface area contributed by atoms with Crippen molar-refractivity contribution in [3.63, 3.8) is 0 Å². The predicted molar refractivity (Wildman–Crippen MR) is 59.2 cm³/mol. The van der Waals surface area contributed by atoms with E-state index in [1.54, 1.807) is 7.11 Å². The number of aliphatic hydroxyl groups is 1. The van der Waals surface area contributed by atoms with Gasteiger partial charge in [-0.25, -0.2) is 0 Å². The Balaban J connectivity index is 2.54. The molecule has 82 valence electrons. The van der Waals surface area contributed by atoms with E-state index in [0.29, 0.717) is 6.54 Å². The van der Waals surface area contributed by atoms with Crippen LogP contribution in [0.25, 0.3) is 0 Å². The molecule has 1 aliphatic heterocycles. The lowest BCUT2D eigenvalue weighted by atomic mass is 9.95. The first-order valence-electron chi connectivity index (χ1n) is 4.97. The molecule has 1 aromatic carbocycles. The zero-order chi connectivity index (χ0) is 11.0. The number of methoxy groups -OCH3 is 1. The molecular weight excluding hydrogens is 192 g/mol. The van der Waals surface area contributed by atoms with Crippen molar-refractivity contribution >= 4 is 5.69 Å². The number of nitrogens with zero attached hydrogens (tertiary/aromatic N) is 1. The smallest absolute Gasteiger partial charge is 0.142 e. The average Bonchev–Trinajstić information content (AvgIpc) is 2.25. The van der Waals surface area contributed by atoms with Crippen LogP contribution >= 0.6 is 0 Å². The lowest BCUT2D eigenvalue weighted by Crippen LogP contribution is -2.44. The molecule has 0 aromatic heterocycles. The monoisotopic (exact) mass is 208 g/mol. The first kappa shape index (κ1) is 10.3. The average molecular weight is 208 g/mol. The van der Waals surface area contributed by atoms with E-state index in [2.05, 4.69) is 0 Å². The van der Waals surface area contributed by atoms with Gasteiger partial charge in [0.05, 0.1) is 24.9 Å². The molecule has 0 saturated carbocycles. The maximum Gasteiger partial charge on any atom is 0.142 e. The quantitative estimate of drug-likeness (QED) is 0.706. The fraction of sp³-hybridized carbons (Fsp3) is 0.455. The maximum absolute atomic E-state index is 9.96. The Bertz CT molecular complexity index is 368. The summed E-state index contributed by atoms with van der Waals surface area (Å²) in [5, 5.41) is 9.96.